The van der Waals surface area contributed by atoms with Gasteiger partial charge in [0.05, 0.1) is 0 Å². The first-order chi connectivity index (χ1) is 5.02. The zero-order valence-electron chi connectivity index (χ0n) is 5.39. The summed E-state index contributed by atoms with van der Waals surface area (Å²) in [6, 6.07) is 2.95. The second-order valence-electron chi connectivity index (χ2n) is 1.94. The van der Waals surface area contributed by atoms with Gasteiger partial charge in [0.2, 0.25) is 0 Å². The van der Waals surface area contributed by atoms with Crippen LogP contribution in [-0.4, -0.2) is 27.5 Å². The van der Waals surface area contributed by atoms with Crippen LogP contribution in [0.5, 0.6) is 0 Å². The third-order valence-corrected chi connectivity index (χ3v) is 2.44. The molecule has 0 saturated heterocycles. The number of aromatic nitrogens is 1. The number of halogens is 3. The fraction of sp³-hybridized carbons (Fsp3) is 0.167. The fourth-order valence-electron chi connectivity index (χ4n) is 0.655. The molecule has 1 aromatic heterocycles. The van der Waals surface area contributed by atoms with Crippen molar-refractivity contribution in [3.63, 3.8) is 0 Å². The van der Waals surface area contributed by atoms with Crippen molar-refractivity contribution < 1.29 is 13.2 Å². The van der Waals surface area contributed by atoms with Gasteiger partial charge in [-0.15, -0.1) is 0 Å². The average Bonchev–Trinajstić information content (AvgIpc) is 1.86. The predicted octanol–water partition coefficient (Wildman–Crippen LogP) is 0.626. The molecule has 0 amide bonds. The van der Waals surface area contributed by atoms with Crippen LogP contribution in [0.15, 0.2) is 18.3 Å². The van der Waals surface area contributed by atoms with Crippen LogP contribution in [0.2, 0.25) is 0 Å². The first kappa shape index (κ1) is 8.83. The van der Waals surface area contributed by atoms with Crippen LogP contribution in [0.3, 0.4) is 0 Å². The van der Waals surface area contributed by atoms with Gasteiger partial charge in [0.15, 0.2) is 0 Å². The average molecular weight is 266 g/mol. The summed E-state index contributed by atoms with van der Waals surface area (Å²) in [6.45, 7) is 0. The normalized spacial score (nSPS) is 11.6. The van der Waals surface area contributed by atoms with E-state index in [1.807, 2.05) is 0 Å². The van der Waals surface area contributed by atoms with Crippen LogP contribution >= 0.6 is 0 Å². The molecule has 0 unspecified atom stereocenters. The zero-order chi connectivity index (χ0) is 8.48. The van der Waals surface area contributed by atoms with Gasteiger partial charge in [0.1, 0.15) is 0 Å². The van der Waals surface area contributed by atoms with Crippen LogP contribution < -0.4 is 3.58 Å². The predicted molar refractivity (Wildman–Crippen MR) is 36.0 cm³/mol. The standard InChI is InChI=1S/C6H3F3N.Sn.H/c7-6(8,9)5-3-1-2-4-10-5;;/h1-2,4H;;. The minimum absolute atomic E-state index is 0.283. The van der Waals surface area contributed by atoms with E-state index < -0.39 is 11.9 Å². The maximum atomic E-state index is 12.0. The summed E-state index contributed by atoms with van der Waals surface area (Å²) in [7, 11) is 0. The Balaban J connectivity index is 3.14. The monoisotopic (exact) mass is 267 g/mol. The van der Waals surface area contributed by atoms with Crippen molar-refractivity contribution in [2.75, 3.05) is 0 Å². The molecule has 0 aliphatic rings. The summed E-state index contributed by atoms with van der Waals surface area (Å²) in [4.78, 5) is 3.26. The number of hydrogen-bond donors (Lipinski definition) is 0. The Morgan fingerprint density at radius 1 is 1.36 bits per heavy atom. The number of rotatable bonds is 0. The first-order valence-corrected chi connectivity index (χ1v) is 4.44. The van der Waals surface area contributed by atoms with Gasteiger partial charge in [-0.2, -0.15) is 0 Å². The molecule has 0 aliphatic carbocycles. The second-order valence-corrected chi connectivity index (χ2v) is 3.71. The molecule has 1 heterocycles. The molecule has 0 N–H and O–H groups in total. The number of alkyl halides is 3. The van der Waals surface area contributed by atoms with Crippen LogP contribution in [0.4, 0.5) is 13.2 Å². The molecule has 0 atom stereocenters. The van der Waals surface area contributed by atoms with Gasteiger partial charge in [0.25, 0.3) is 0 Å². The number of pyridine rings is 1. The van der Waals surface area contributed by atoms with Crippen molar-refractivity contribution in [2.24, 2.45) is 0 Å². The molecule has 0 fully saturated rings. The summed E-state index contributed by atoms with van der Waals surface area (Å²) in [5, 5.41) is 0. The van der Waals surface area contributed by atoms with Crippen molar-refractivity contribution in [1.29, 1.82) is 0 Å². The number of nitrogens with zero attached hydrogens (tertiary/aromatic N) is 1. The molecule has 0 aliphatic heterocycles. The summed E-state index contributed by atoms with van der Waals surface area (Å²) in [5.41, 5.74) is -0.748. The third-order valence-electron chi connectivity index (χ3n) is 1.11. The quantitative estimate of drug-likeness (QED) is 0.627. The molecule has 1 aromatic rings. The van der Waals surface area contributed by atoms with Gasteiger partial charge in [0, 0.05) is 0 Å². The Morgan fingerprint density at radius 3 is 2.36 bits per heavy atom. The molecular formula is C6H4F3NSn. The van der Waals surface area contributed by atoms with Gasteiger partial charge in [-0.05, 0) is 0 Å². The molecule has 1 rings (SSSR count). The third kappa shape index (κ3) is 2.08. The van der Waals surface area contributed by atoms with Crippen LogP contribution in [0.25, 0.3) is 0 Å². The van der Waals surface area contributed by atoms with Gasteiger partial charge >= 0.3 is 74.5 Å². The van der Waals surface area contributed by atoms with Crippen LogP contribution in [0, 0.1) is 0 Å². The van der Waals surface area contributed by atoms with Crippen molar-refractivity contribution >= 4 is 26.1 Å². The summed E-state index contributed by atoms with van der Waals surface area (Å²) < 4.78 is 36.3. The van der Waals surface area contributed by atoms with Gasteiger partial charge < -0.3 is 0 Å². The summed E-state index contributed by atoms with van der Waals surface area (Å²) >= 11 is 0.438. The van der Waals surface area contributed by atoms with Crippen molar-refractivity contribution in [3.05, 3.63) is 24.0 Å². The van der Waals surface area contributed by atoms with Gasteiger partial charge in [-0.3, -0.25) is 0 Å². The van der Waals surface area contributed by atoms with Crippen LogP contribution in [-0.2, 0) is 6.18 Å². The molecule has 58 valence electrons. The van der Waals surface area contributed by atoms with E-state index in [-0.39, 0.29) is 3.58 Å². The van der Waals surface area contributed by atoms with E-state index in [1.165, 1.54) is 12.1 Å². The molecular weight excluding hydrogens is 262 g/mol. The molecule has 1 nitrogen and oxygen atoms in total. The molecule has 0 spiro atoms. The van der Waals surface area contributed by atoms with E-state index >= 15 is 0 Å². The Morgan fingerprint density at radius 2 is 2.00 bits per heavy atom. The van der Waals surface area contributed by atoms with Crippen LogP contribution in [0.1, 0.15) is 5.69 Å². The summed E-state index contributed by atoms with van der Waals surface area (Å²) in [6.07, 6.45) is -3.14. The van der Waals surface area contributed by atoms with E-state index in [9.17, 15) is 13.2 Å². The van der Waals surface area contributed by atoms with E-state index in [1.54, 1.807) is 0 Å². The molecule has 0 aromatic carbocycles. The van der Waals surface area contributed by atoms with Crippen molar-refractivity contribution in [1.82, 2.24) is 4.98 Å². The fourth-order valence-corrected chi connectivity index (χ4v) is 1.65. The van der Waals surface area contributed by atoms with Crippen molar-refractivity contribution in [3.8, 4) is 0 Å². The Bertz CT molecular complexity index is 258. The molecule has 5 heteroatoms. The van der Waals surface area contributed by atoms with Gasteiger partial charge in [-0.25, -0.2) is 0 Å². The SMILES string of the molecule is FC(F)(F)c1nccc[c]1[SnH]. The topological polar surface area (TPSA) is 12.9 Å². The van der Waals surface area contributed by atoms with E-state index in [0.717, 1.165) is 6.20 Å². The molecule has 2 radical (unpaired) electrons. The summed E-state index contributed by atoms with van der Waals surface area (Å²) in [5.74, 6) is 0. The zero-order valence-corrected chi connectivity index (χ0v) is 8.69. The number of hydrogen-bond acceptors (Lipinski definition) is 1. The van der Waals surface area contributed by atoms with Crippen molar-refractivity contribution in [2.45, 2.75) is 6.18 Å². The molecule has 11 heavy (non-hydrogen) atoms. The minimum atomic E-state index is -4.30. The Hall–Kier alpha value is -0.261. The van der Waals surface area contributed by atoms with E-state index in [2.05, 4.69) is 4.98 Å². The maximum absolute atomic E-state index is 12.0. The molecule has 0 bridgehead atoms. The van der Waals surface area contributed by atoms with Gasteiger partial charge in [-0.1, -0.05) is 0 Å². The van der Waals surface area contributed by atoms with E-state index in [4.69, 9.17) is 0 Å². The Labute approximate surface area is 74.7 Å². The second kappa shape index (κ2) is 3.00. The molecule has 0 saturated carbocycles. The first-order valence-electron chi connectivity index (χ1n) is 2.79. The van der Waals surface area contributed by atoms with E-state index in [0.29, 0.717) is 22.5 Å². The Kier molecular flexibility index (Phi) is 2.41.